The Balaban J connectivity index is 1.43. The van der Waals surface area contributed by atoms with Crippen molar-refractivity contribution >= 4 is 34.5 Å². The molecule has 1 amide bonds. The number of carbonyl (C=O) groups excluding carboxylic acids is 1. The van der Waals surface area contributed by atoms with Crippen LogP contribution in [0, 0.1) is 0 Å². The summed E-state index contributed by atoms with van der Waals surface area (Å²) < 4.78 is 5.17. The van der Waals surface area contributed by atoms with Crippen LogP contribution < -0.4 is 15.0 Å². The SMILES string of the molecule is COc1ccc(CNC(=O)CSc2nc3ccccc3nc2N2CCCCC2)cc1. The van der Waals surface area contributed by atoms with Gasteiger partial charge in [0.15, 0.2) is 5.82 Å². The Morgan fingerprint density at radius 1 is 1.03 bits per heavy atom. The van der Waals surface area contributed by atoms with E-state index in [9.17, 15) is 4.79 Å². The molecule has 156 valence electrons. The van der Waals surface area contributed by atoms with Gasteiger partial charge < -0.3 is 15.0 Å². The van der Waals surface area contributed by atoms with E-state index in [0.717, 1.165) is 46.3 Å². The first-order valence-corrected chi connectivity index (χ1v) is 11.3. The maximum atomic E-state index is 12.4. The summed E-state index contributed by atoms with van der Waals surface area (Å²) in [6.45, 7) is 2.47. The van der Waals surface area contributed by atoms with Crippen LogP contribution in [0.5, 0.6) is 5.75 Å². The maximum absolute atomic E-state index is 12.4. The van der Waals surface area contributed by atoms with Crippen LogP contribution in [0.1, 0.15) is 24.8 Å². The first-order chi connectivity index (χ1) is 14.7. The first-order valence-electron chi connectivity index (χ1n) is 10.3. The lowest BCUT2D eigenvalue weighted by molar-refractivity contribution is -0.118. The molecule has 1 aliphatic rings. The fourth-order valence-corrected chi connectivity index (χ4v) is 4.35. The lowest BCUT2D eigenvalue weighted by Gasteiger charge is -2.29. The van der Waals surface area contributed by atoms with Crippen molar-refractivity contribution < 1.29 is 9.53 Å². The predicted octanol–water partition coefficient (Wildman–Crippen LogP) is 4.04. The second kappa shape index (κ2) is 9.80. The van der Waals surface area contributed by atoms with Crippen molar-refractivity contribution in [1.29, 1.82) is 0 Å². The number of hydrogen-bond donors (Lipinski definition) is 1. The van der Waals surface area contributed by atoms with Gasteiger partial charge in [0.25, 0.3) is 0 Å². The minimum Gasteiger partial charge on any atom is -0.497 e. The second-order valence-electron chi connectivity index (χ2n) is 7.30. The Bertz CT molecular complexity index is 1000. The van der Waals surface area contributed by atoms with Crippen LogP contribution in [-0.2, 0) is 11.3 Å². The fraction of sp³-hybridized carbons (Fsp3) is 0.348. The zero-order chi connectivity index (χ0) is 20.8. The number of carbonyl (C=O) groups is 1. The number of rotatable bonds is 7. The number of methoxy groups -OCH3 is 1. The lowest BCUT2D eigenvalue weighted by Crippen LogP contribution is -2.31. The third-order valence-corrected chi connectivity index (χ3v) is 6.12. The van der Waals surface area contributed by atoms with Gasteiger partial charge in [0.1, 0.15) is 10.8 Å². The van der Waals surface area contributed by atoms with E-state index in [0.29, 0.717) is 12.3 Å². The molecule has 1 aliphatic heterocycles. The monoisotopic (exact) mass is 422 g/mol. The van der Waals surface area contributed by atoms with Crippen LogP contribution >= 0.6 is 11.8 Å². The summed E-state index contributed by atoms with van der Waals surface area (Å²) in [7, 11) is 1.64. The quantitative estimate of drug-likeness (QED) is 0.580. The third kappa shape index (κ3) is 5.02. The van der Waals surface area contributed by atoms with Crippen molar-refractivity contribution in [3.63, 3.8) is 0 Å². The van der Waals surface area contributed by atoms with E-state index in [4.69, 9.17) is 14.7 Å². The van der Waals surface area contributed by atoms with Crippen LogP contribution in [-0.4, -0.2) is 41.8 Å². The minimum absolute atomic E-state index is 0.0182. The van der Waals surface area contributed by atoms with Crippen LogP contribution in [0.2, 0.25) is 0 Å². The zero-order valence-electron chi connectivity index (χ0n) is 17.1. The van der Waals surface area contributed by atoms with Gasteiger partial charge in [-0.05, 0) is 49.1 Å². The highest BCUT2D eigenvalue weighted by Crippen LogP contribution is 2.30. The number of piperidine rings is 1. The average molecular weight is 423 g/mol. The summed E-state index contributed by atoms with van der Waals surface area (Å²) in [6, 6.07) is 15.6. The van der Waals surface area contributed by atoms with E-state index in [1.165, 1.54) is 31.0 Å². The molecule has 7 heteroatoms. The van der Waals surface area contributed by atoms with Crippen LogP contribution in [0.4, 0.5) is 5.82 Å². The van der Waals surface area contributed by atoms with Crippen molar-refractivity contribution in [1.82, 2.24) is 15.3 Å². The topological polar surface area (TPSA) is 67.3 Å². The molecule has 0 radical (unpaired) electrons. The molecule has 4 rings (SSSR count). The fourth-order valence-electron chi connectivity index (χ4n) is 3.51. The highest BCUT2D eigenvalue weighted by Gasteiger charge is 2.19. The van der Waals surface area contributed by atoms with Gasteiger partial charge in [0, 0.05) is 19.6 Å². The number of benzene rings is 2. The van der Waals surface area contributed by atoms with Gasteiger partial charge in [-0.15, -0.1) is 0 Å². The summed E-state index contributed by atoms with van der Waals surface area (Å²) in [5.41, 5.74) is 2.79. The third-order valence-electron chi connectivity index (χ3n) is 5.17. The van der Waals surface area contributed by atoms with E-state index in [1.54, 1.807) is 7.11 Å². The number of nitrogens with zero attached hydrogens (tertiary/aromatic N) is 3. The molecule has 2 heterocycles. The number of hydrogen-bond acceptors (Lipinski definition) is 6. The van der Waals surface area contributed by atoms with Crippen molar-refractivity contribution in [3.05, 3.63) is 54.1 Å². The number of fused-ring (bicyclic) bond motifs is 1. The largest absolute Gasteiger partial charge is 0.497 e. The molecule has 0 aliphatic carbocycles. The minimum atomic E-state index is -0.0182. The summed E-state index contributed by atoms with van der Waals surface area (Å²) in [6.07, 6.45) is 3.59. The number of nitrogens with one attached hydrogen (secondary N) is 1. The molecule has 1 saturated heterocycles. The average Bonchev–Trinajstić information content (AvgIpc) is 2.81. The van der Waals surface area contributed by atoms with Gasteiger partial charge in [0.05, 0.1) is 23.9 Å². The van der Waals surface area contributed by atoms with Crippen molar-refractivity contribution in [2.24, 2.45) is 0 Å². The highest BCUT2D eigenvalue weighted by molar-refractivity contribution is 8.00. The van der Waals surface area contributed by atoms with E-state index in [-0.39, 0.29) is 5.91 Å². The van der Waals surface area contributed by atoms with Crippen LogP contribution in [0.15, 0.2) is 53.6 Å². The van der Waals surface area contributed by atoms with Crippen LogP contribution in [0.25, 0.3) is 11.0 Å². The Labute approximate surface area is 181 Å². The maximum Gasteiger partial charge on any atom is 0.230 e. The Kier molecular flexibility index (Phi) is 6.69. The number of amides is 1. The van der Waals surface area contributed by atoms with Crippen molar-refractivity contribution in [2.45, 2.75) is 30.8 Å². The molecule has 0 saturated carbocycles. The molecule has 1 aromatic heterocycles. The first kappa shape index (κ1) is 20.5. The molecular weight excluding hydrogens is 396 g/mol. The van der Waals surface area contributed by atoms with Crippen LogP contribution in [0.3, 0.4) is 0 Å². The summed E-state index contributed by atoms with van der Waals surface area (Å²) >= 11 is 1.46. The zero-order valence-corrected chi connectivity index (χ0v) is 18.0. The number of anilines is 1. The summed E-state index contributed by atoms with van der Waals surface area (Å²) in [5.74, 6) is 2.00. The molecular formula is C23H26N4O2S. The Hall–Kier alpha value is -2.80. The van der Waals surface area contributed by atoms with Gasteiger partial charge in [-0.25, -0.2) is 9.97 Å². The Morgan fingerprint density at radius 3 is 2.43 bits per heavy atom. The van der Waals surface area contributed by atoms with E-state index in [1.807, 2.05) is 48.5 Å². The number of ether oxygens (including phenoxy) is 1. The molecule has 0 spiro atoms. The number of para-hydroxylation sites is 2. The molecule has 1 N–H and O–H groups in total. The highest BCUT2D eigenvalue weighted by atomic mass is 32.2. The van der Waals surface area contributed by atoms with Gasteiger partial charge in [-0.2, -0.15) is 0 Å². The normalized spacial score (nSPS) is 14.0. The molecule has 0 atom stereocenters. The molecule has 2 aromatic carbocycles. The summed E-state index contributed by atoms with van der Waals surface area (Å²) in [4.78, 5) is 24.5. The van der Waals surface area contributed by atoms with Gasteiger partial charge in [0.2, 0.25) is 5.91 Å². The van der Waals surface area contributed by atoms with E-state index >= 15 is 0 Å². The molecule has 1 fully saturated rings. The summed E-state index contributed by atoms with van der Waals surface area (Å²) in [5, 5.41) is 3.81. The van der Waals surface area contributed by atoms with Crippen molar-refractivity contribution in [2.75, 3.05) is 30.9 Å². The van der Waals surface area contributed by atoms with Crippen molar-refractivity contribution in [3.8, 4) is 5.75 Å². The second-order valence-corrected chi connectivity index (χ2v) is 8.27. The molecule has 6 nitrogen and oxygen atoms in total. The Morgan fingerprint density at radius 2 is 1.73 bits per heavy atom. The van der Waals surface area contributed by atoms with E-state index < -0.39 is 0 Å². The predicted molar refractivity (Wildman–Crippen MR) is 121 cm³/mol. The lowest BCUT2D eigenvalue weighted by atomic mass is 10.1. The number of aromatic nitrogens is 2. The molecule has 0 bridgehead atoms. The van der Waals surface area contributed by atoms with E-state index in [2.05, 4.69) is 10.2 Å². The van der Waals surface area contributed by atoms with Gasteiger partial charge in [-0.1, -0.05) is 36.0 Å². The molecule has 30 heavy (non-hydrogen) atoms. The molecule has 0 unspecified atom stereocenters. The standard InChI is InChI=1S/C23H26N4O2S/c1-29-18-11-9-17(10-12-18)15-24-21(28)16-30-23-22(27-13-5-2-6-14-27)25-19-7-3-4-8-20(19)26-23/h3-4,7-12H,2,5-6,13-16H2,1H3,(H,24,28). The van der Waals surface area contributed by atoms with Gasteiger partial charge in [-0.3, -0.25) is 4.79 Å². The molecule has 3 aromatic rings. The van der Waals surface area contributed by atoms with Gasteiger partial charge >= 0.3 is 0 Å². The smallest absolute Gasteiger partial charge is 0.230 e. The number of thioether (sulfide) groups is 1.